The van der Waals surface area contributed by atoms with Crippen molar-refractivity contribution in [2.75, 3.05) is 0 Å². The maximum Gasteiger partial charge on any atom is 0.173 e. The monoisotopic (exact) mass is 260 g/mol. The minimum atomic E-state index is -0.811. The Kier molecular flexibility index (Phi) is 3.74. The number of carbonyl (C=O) groups is 1. The molecule has 2 rings (SSSR count). The van der Waals surface area contributed by atoms with Crippen LogP contribution in [-0.4, -0.2) is 5.78 Å². The first kappa shape index (κ1) is 13.4. The van der Waals surface area contributed by atoms with Crippen molar-refractivity contribution in [3.8, 4) is 0 Å². The highest BCUT2D eigenvalue weighted by molar-refractivity contribution is 5.98. The fourth-order valence-electron chi connectivity index (χ4n) is 1.95. The van der Waals surface area contributed by atoms with Crippen LogP contribution in [0.3, 0.4) is 0 Å². The summed E-state index contributed by atoms with van der Waals surface area (Å²) in [6.45, 7) is 3.91. The zero-order chi connectivity index (χ0) is 14.0. The largest absolute Gasteiger partial charge is 0.294 e. The Bertz CT molecular complexity index is 612. The molecule has 0 aromatic heterocycles. The summed E-state index contributed by atoms with van der Waals surface area (Å²) in [4.78, 5) is 12.0. The van der Waals surface area contributed by atoms with Crippen LogP contribution < -0.4 is 0 Å². The van der Waals surface area contributed by atoms with Crippen LogP contribution in [0.2, 0.25) is 0 Å². The van der Waals surface area contributed by atoms with Gasteiger partial charge in [0.25, 0.3) is 0 Å². The van der Waals surface area contributed by atoms with Crippen molar-refractivity contribution >= 4 is 5.78 Å². The van der Waals surface area contributed by atoms with Gasteiger partial charge in [-0.3, -0.25) is 4.79 Å². The summed E-state index contributed by atoms with van der Waals surface area (Å²) < 4.78 is 27.0. The second kappa shape index (κ2) is 5.31. The van der Waals surface area contributed by atoms with Crippen LogP contribution in [-0.2, 0) is 6.42 Å². The summed E-state index contributed by atoms with van der Waals surface area (Å²) in [5.74, 6) is -2.17. The SMILES string of the molecule is Cc1ccc(CC(=O)c2c(F)cccc2F)cc1C. The van der Waals surface area contributed by atoms with E-state index >= 15 is 0 Å². The van der Waals surface area contributed by atoms with Gasteiger partial charge in [0.1, 0.15) is 11.6 Å². The summed E-state index contributed by atoms with van der Waals surface area (Å²) in [6.07, 6.45) is -0.00102. The lowest BCUT2D eigenvalue weighted by Crippen LogP contribution is -2.09. The number of halogens is 2. The highest BCUT2D eigenvalue weighted by Gasteiger charge is 2.17. The van der Waals surface area contributed by atoms with Gasteiger partial charge >= 0.3 is 0 Å². The van der Waals surface area contributed by atoms with Gasteiger partial charge in [-0.2, -0.15) is 0 Å². The second-order valence-corrected chi connectivity index (χ2v) is 4.62. The number of hydrogen-bond donors (Lipinski definition) is 0. The van der Waals surface area contributed by atoms with Gasteiger partial charge in [-0.1, -0.05) is 24.3 Å². The van der Waals surface area contributed by atoms with Crippen LogP contribution in [0.15, 0.2) is 36.4 Å². The van der Waals surface area contributed by atoms with E-state index in [1.165, 1.54) is 6.07 Å². The van der Waals surface area contributed by atoms with Crippen molar-refractivity contribution < 1.29 is 13.6 Å². The number of carbonyl (C=O) groups excluding carboxylic acids is 1. The molecule has 0 radical (unpaired) electrons. The lowest BCUT2D eigenvalue weighted by atomic mass is 9.99. The van der Waals surface area contributed by atoms with E-state index in [9.17, 15) is 13.6 Å². The van der Waals surface area contributed by atoms with Crippen molar-refractivity contribution in [2.45, 2.75) is 20.3 Å². The predicted molar refractivity (Wildman–Crippen MR) is 70.3 cm³/mol. The number of hydrogen-bond acceptors (Lipinski definition) is 1. The first-order chi connectivity index (χ1) is 8.99. The molecule has 0 fully saturated rings. The van der Waals surface area contributed by atoms with Crippen LogP contribution in [0.25, 0.3) is 0 Å². The van der Waals surface area contributed by atoms with E-state index in [1.54, 1.807) is 6.07 Å². The van der Waals surface area contributed by atoms with Crippen LogP contribution in [0.4, 0.5) is 8.78 Å². The van der Waals surface area contributed by atoms with E-state index in [1.807, 2.05) is 26.0 Å². The average Bonchev–Trinajstić information content (AvgIpc) is 2.33. The van der Waals surface area contributed by atoms with Gasteiger partial charge in [0.15, 0.2) is 5.78 Å². The van der Waals surface area contributed by atoms with Gasteiger partial charge in [0.2, 0.25) is 0 Å². The molecular formula is C16H14F2O. The average molecular weight is 260 g/mol. The van der Waals surface area contributed by atoms with Gasteiger partial charge in [0, 0.05) is 6.42 Å². The molecule has 2 aromatic carbocycles. The maximum absolute atomic E-state index is 13.5. The molecule has 0 atom stereocenters. The Morgan fingerprint density at radius 2 is 1.63 bits per heavy atom. The van der Waals surface area contributed by atoms with Crippen LogP contribution in [0.5, 0.6) is 0 Å². The van der Waals surface area contributed by atoms with Crippen molar-refractivity contribution in [1.29, 1.82) is 0 Å². The standard InChI is InChI=1S/C16H14F2O/c1-10-6-7-12(8-11(10)2)9-15(19)16-13(17)4-3-5-14(16)18/h3-8H,9H2,1-2H3. The molecule has 0 heterocycles. The molecule has 0 bridgehead atoms. The van der Waals surface area contributed by atoms with Crippen molar-refractivity contribution in [1.82, 2.24) is 0 Å². The van der Waals surface area contributed by atoms with E-state index in [2.05, 4.69) is 0 Å². The lowest BCUT2D eigenvalue weighted by Gasteiger charge is -2.06. The minimum Gasteiger partial charge on any atom is -0.294 e. The molecule has 0 aliphatic carbocycles. The smallest absolute Gasteiger partial charge is 0.173 e. The predicted octanol–water partition coefficient (Wildman–Crippen LogP) is 4.01. The summed E-state index contributed by atoms with van der Waals surface area (Å²) in [6, 6.07) is 9.01. The Morgan fingerprint density at radius 1 is 1.00 bits per heavy atom. The number of rotatable bonds is 3. The molecule has 0 spiro atoms. The van der Waals surface area contributed by atoms with E-state index < -0.39 is 23.0 Å². The molecule has 0 N–H and O–H groups in total. The van der Waals surface area contributed by atoms with Gasteiger partial charge in [-0.15, -0.1) is 0 Å². The lowest BCUT2D eigenvalue weighted by molar-refractivity contribution is 0.0985. The van der Waals surface area contributed by atoms with Gasteiger partial charge in [-0.25, -0.2) is 8.78 Å². The molecule has 19 heavy (non-hydrogen) atoms. The highest BCUT2D eigenvalue weighted by atomic mass is 19.1. The van der Waals surface area contributed by atoms with Crippen molar-refractivity contribution in [2.24, 2.45) is 0 Å². The summed E-state index contributed by atoms with van der Waals surface area (Å²) in [5.41, 5.74) is 2.48. The van der Waals surface area contributed by atoms with E-state index in [0.29, 0.717) is 0 Å². The molecule has 0 saturated heterocycles. The first-order valence-corrected chi connectivity index (χ1v) is 6.02. The van der Waals surface area contributed by atoms with Gasteiger partial charge in [-0.05, 0) is 42.7 Å². The van der Waals surface area contributed by atoms with Crippen molar-refractivity contribution in [3.63, 3.8) is 0 Å². The zero-order valence-electron chi connectivity index (χ0n) is 10.8. The molecule has 3 heteroatoms. The van der Waals surface area contributed by atoms with Crippen LogP contribution in [0, 0.1) is 25.5 Å². The maximum atomic E-state index is 13.5. The molecule has 2 aromatic rings. The quantitative estimate of drug-likeness (QED) is 0.762. The number of aryl methyl sites for hydroxylation is 2. The topological polar surface area (TPSA) is 17.1 Å². The Labute approximate surface area is 110 Å². The molecule has 0 aliphatic heterocycles. The molecule has 0 amide bonds. The number of Topliss-reactive ketones (excluding diaryl/α,β-unsaturated/α-hetero) is 1. The van der Waals surface area contributed by atoms with E-state index in [4.69, 9.17) is 0 Å². The molecule has 98 valence electrons. The molecular weight excluding hydrogens is 246 g/mol. The molecule has 0 saturated carbocycles. The highest BCUT2D eigenvalue weighted by Crippen LogP contribution is 2.17. The Morgan fingerprint density at radius 3 is 2.21 bits per heavy atom. The van der Waals surface area contributed by atoms with Crippen LogP contribution in [0.1, 0.15) is 27.0 Å². The summed E-state index contributed by atoms with van der Waals surface area (Å²) >= 11 is 0. The molecule has 0 aliphatic rings. The number of ketones is 1. The van der Waals surface area contributed by atoms with E-state index in [0.717, 1.165) is 28.8 Å². The third kappa shape index (κ3) is 2.87. The fraction of sp³-hybridized carbons (Fsp3) is 0.188. The summed E-state index contributed by atoms with van der Waals surface area (Å²) in [5, 5.41) is 0. The summed E-state index contributed by atoms with van der Waals surface area (Å²) in [7, 11) is 0. The van der Waals surface area contributed by atoms with Crippen LogP contribution >= 0.6 is 0 Å². The Hall–Kier alpha value is -2.03. The zero-order valence-corrected chi connectivity index (χ0v) is 10.8. The van der Waals surface area contributed by atoms with Gasteiger partial charge < -0.3 is 0 Å². The minimum absolute atomic E-state index is 0.00102. The molecule has 1 nitrogen and oxygen atoms in total. The Balaban J connectivity index is 2.28. The third-order valence-corrected chi connectivity index (χ3v) is 3.18. The normalized spacial score (nSPS) is 10.5. The van der Waals surface area contributed by atoms with Crippen molar-refractivity contribution in [3.05, 3.63) is 70.3 Å². The van der Waals surface area contributed by atoms with E-state index in [-0.39, 0.29) is 6.42 Å². The third-order valence-electron chi connectivity index (χ3n) is 3.18. The fourth-order valence-corrected chi connectivity index (χ4v) is 1.95. The molecule has 0 unspecified atom stereocenters. The second-order valence-electron chi connectivity index (χ2n) is 4.62. The van der Waals surface area contributed by atoms with Gasteiger partial charge in [0.05, 0.1) is 5.56 Å². The first-order valence-electron chi connectivity index (χ1n) is 6.02. The number of benzene rings is 2.